The third kappa shape index (κ3) is 4.42. The van der Waals surface area contributed by atoms with E-state index in [-0.39, 0.29) is 37.1 Å². The van der Waals surface area contributed by atoms with E-state index in [2.05, 4.69) is 15.7 Å². The number of fused-ring (bicyclic) bond motifs is 3. The van der Waals surface area contributed by atoms with Crippen molar-refractivity contribution in [3.05, 3.63) is 46.5 Å². The smallest absolute Gasteiger partial charge is 0.322 e. The van der Waals surface area contributed by atoms with Gasteiger partial charge in [0.15, 0.2) is 0 Å². The number of benzene rings is 1. The first-order valence-corrected chi connectivity index (χ1v) is 10.7. The summed E-state index contributed by atoms with van der Waals surface area (Å²) in [5, 5.41) is 20.1. The van der Waals surface area contributed by atoms with Crippen LogP contribution in [0, 0.1) is 17.1 Å². The van der Waals surface area contributed by atoms with Crippen LogP contribution in [0.2, 0.25) is 0 Å². The molecule has 1 aromatic carbocycles. The maximum atomic E-state index is 13.6. The van der Waals surface area contributed by atoms with Crippen molar-refractivity contribution in [2.75, 3.05) is 18.9 Å². The Balaban J connectivity index is 1.58. The second kappa shape index (κ2) is 9.11. The predicted octanol–water partition coefficient (Wildman–Crippen LogP) is 1.39. The summed E-state index contributed by atoms with van der Waals surface area (Å²) in [5.74, 6) is -1.27. The van der Waals surface area contributed by atoms with Gasteiger partial charge in [-0.1, -0.05) is 0 Å². The molecule has 34 heavy (non-hydrogen) atoms. The summed E-state index contributed by atoms with van der Waals surface area (Å²) in [6, 6.07) is 4.85. The number of anilines is 1. The van der Waals surface area contributed by atoms with Gasteiger partial charge in [-0.15, -0.1) is 0 Å². The van der Waals surface area contributed by atoms with Crippen LogP contribution < -0.4 is 10.6 Å². The minimum atomic E-state index is -0.666. The van der Waals surface area contributed by atoms with Gasteiger partial charge in [-0.3, -0.25) is 19.1 Å². The number of rotatable bonds is 3. The maximum absolute atomic E-state index is 13.6. The van der Waals surface area contributed by atoms with Gasteiger partial charge in [0, 0.05) is 44.2 Å². The lowest BCUT2D eigenvalue weighted by Crippen LogP contribution is -2.45. The number of urea groups is 1. The molecular formula is C22H24FN7O4. The van der Waals surface area contributed by atoms with Crippen molar-refractivity contribution >= 4 is 23.5 Å². The molecule has 178 valence electrons. The van der Waals surface area contributed by atoms with E-state index in [1.54, 1.807) is 15.7 Å². The Kier molecular flexibility index (Phi) is 6.21. The van der Waals surface area contributed by atoms with E-state index in [4.69, 9.17) is 10.1 Å². The van der Waals surface area contributed by atoms with Gasteiger partial charge in [0.1, 0.15) is 23.7 Å². The number of carbonyl (C=O) groups is 3. The average Bonchev–Trinajstić information content (AvgIpc) is 3.07. The molecule has 12 heteroatoms. The summed E-state index contributed by atoms with van der Waals surface area (Å²) in [6.45, 7) is 3.88. The van der Waals surface area contributed by atoms with Crippen LogP contribution in [0.1, 0.15) is 41.2 Å². The molecular weight excluding hydrogens is 445 g/mol. The van der Waals surface area contributed by atoms with Crippen LogP contribution in [-0.4, -0.2) is 63.3 Å². The van der Waals surface area contributed by atoms with Crippen molar-refractivity contribution in [1.82, 2.24) is 25.1 Å². The Morgan fingerprint density at radius 2 is 2.15 bits per heavy atom. The minimum Gasteiger partial charge on any atom is -0.354 e. The van der Waals surface area contributed by atoms with Gasteiger partial charge in [-0.05, 0) is 25.1 Å². The standard InChI is InChI=1S/C22H24FN7O4/c1-12-6-19-17(11-29(12)22(33)26-15-4-5-18(23)14(7-15)8-24)20-21(32)28(3)34-16(9-25-13(2)31)10-30(20)27-19/h4-5,7,12,16H,6,9-11H2,1-3H3,(H,25,31)(H,26,33). The van der Waals surface area contributed by atoms with Crippen molar-refractivity contribution in [3.8, 4) is 6.07 Å². The number of hydroxylamine groups is 2. The molecule has 0 bridgehead atoms. The van der Waals surface area contributed by atoms with E-state index >= 15 is 0 Å². The van der Waals surface area contributed by atoms with Crippen LogP contribution in [0.25, 0.3) is 0 Å². The maximum Gasteiger partial charge on any atom is 0.322 e. The Morgan fingerprint density at radius 3 is 2.85 bits per heavy atom. The van der Waals surface area contributed by atoms with Gasteiger partial charge < -0.3 is 15.5 Å². The van der Waals surface area contributed by atoms with Crippen molar-refractivity contribution in [3.63, 3.8) is 0 Å². The third-order valence-electron chi connectivity index (χ3n) is 5.83. The number of hydrogen-bond donors (Lipinski definition) is 2. The number of nitrogens with one attached hydrogen (secondary N) is 2. The summed E-state index contributed by atoms with van der Waals surface area (Å²) in [7, 11) is 1.50. The molecule has 1 aromatic heterocycles. The highest BCUT2D eigenvalue weighted by Crippen LogP contribution is 2.29. The largest absolute Gasteiger partial charge is 0.354 e. The lowest BCUT2D eigenvalue weighted by molar-refractivity contribution is -0.148. The second-order valence-electron chi connectivity index (χ2n) is 8.34. The first-order valence-electron chi connectivity index (χ1n) is 10.7. The minimum absolute atomic E-state index is 0.139. The summed E-state index contributed by atoms with van der Waals surface area (Å²) >= 11 is 0. The third-order valence-corrected chi connectivity index (χ3v) is 5.83. The Labute approximate surface area is 195 Å². The zero-order valence-electron chi connectivity index (χ0n) is 19.0. The molecule has 2 unspecified atom stereocenters. The topological polar surface area (TPSA) is 133 Å². The lowest BCUT2D eigenvalue weighted by Gasteiger charge is -2.33. The zero-order chi connectivity index (χ0) is 24.6. The fourth-order valence-corrected chi connectivity index (χ4v) is 4.13. The van der Waals surface area contributed by atoms with Crippen molar-refractivity contribution in [1.29, 1.82) is 5.26 Å². The average molecular weight is 469 g/mol. The summed E-state index contributed by atoms with van der Waals surface area (Å²) < 4.78 is 15.2. The normalized spacial score (nSPS) is 19.6. The molecule has 2 aromatic rings. The molecule has 2 aliphatic heterocycles. The fourth-order valence-electron chi connectivity index (χ4n) is 4.13. The highest BCUT2D eigenvalue weighted by Gasteiger charge is 2.37. The number of halogens is 1. The van der Waals surface area contributed by atoms with E-state index in [0.29, 0.717) is 23.4 Å². The molecule has 3 heterocycles. The molecule has 2 aliphatic rings. The molecule has 4 amide bonds. The summed E-state index contributed by atoms with van der Waals surface area (Å²) in [4.78, 5) is 44.6. The number of carbonyl (C=O) groups excluding carboxylic acids is 3. The highest BCUT2D eigenvalue weighted by atomic mass is 19.1. The molecule has 0 saturated carbocycles. The van der Waals surface area contributed by atoms with Gasteiger partial charge in [-0.2, -0.15) is 10.4 Å². The van der Waals surface area contributed by atoms with E-state index in [9.17, 15) is 18.8 Å². The Bertz CT molecular complexity index is 1200. The van der Waals surface area contributed by atoms with Crippen LogP contribution >= 0.6 is 0 Å². The van der Waals surface area contributed by atoms with Gasteiger partial charge >= 0.3 is 6.03 Å². The highest BCUT2D eigenvalue weighted by molar-refractivity contribution is 5.94. The molecule has 4 rings (SSSR count). The number of nitriles is 1. The number of amides is 4. The van der Waals surface area contributed by atoms with E-state index in [0.717, 1.165) is 16.8 Å². The van der Waals surface area contributed by atoms with Crippen LogP contribution in [-0.2, 0) is 29.1 Å². The molecule has 2 atom stereocenters. The molecule has 0 radical (unpaired) electrons. The van der Waals surface area contributed by atoms with Crippen LogP contribution in [0.4, 0.5) is 14.9 Å². The van der Waals surface area contributed by atoms with Crippen LogP contribution in [0.15, 0.2) is 18.2 Å². The SMILES string of the molecule is CC(=O)NCC1Cn2nc3c(c2C(=O)N(C)O1)CN(C(=O)Nc1ccc(F)c(C#N)c1)C(C)C3. The van der Waals surface area contributed by atoms with Gasteiger partial charge in [0.2, 0.25) is 5.91 Å². The molecule has 0 saturated heterocycles. The summed E-state index contributed by atoms with van der Waals surface area (Å²) in [5.41, 5.74) is 1.81. The fraction of sp³-hybridized carbons (Fsp3) is 0.409. The number of hydrogen-bond acceptors (Lipinski definition) is 6. The number of nitrogens with zero attached hydrogens (tertiary/aromatic N) is 5. The monoisotopic (exact) mass is 469 g/mol. The quantitative estimate of drug-likeness (QED) is 0.698. The van der Waals surface area contributed by atoms with Crippen molar-refractivity contribution in [2.45, 2.75) is 45.5 Å². The zero-order valence-corrected chi connectivity index (χ0v) is 19.0. The first kappa shape index (κ1) is 23.2. The van der Waals surface area contributed by atoms with Crippen molar-refractivity contribution in [2.24, 2.45) is 0 Å². The summed E-state index contributed by atoms with van der Waals surface area (Å²) in [6.07, 6.45) is -0.0609. The second-order valence-corrected chi connectivity index (χ2v) is 8.34. The Morgan fingerprint density at radius 1 is 1.38 bits per heavy atom. The molecule has 0 fully saturated rings. The first-order chi connectivity index (χ1) is 16.2. The van der Waals surface area contributed by atoms with E-state index in [1.807, 2.05) is 6.92 Å². The van der Waals surface area contributed by atoms with Crippen LogP contribution in [0.5, 0.6) is 0 Å². The van der Waals surface area contributed by atoms with Gasteiger partial charge in [0.25, 0.3) is 5.91 Å². The molecule has 11 nitrogen and oxygen atoms in total. The van der Waals surface area contributed by atoms with Gasteiger partial charge in [-0.25, -0.2) is 14.2 Å². The Hall–Kier alpha value is -3.98. The predicted molar refractivity (Wildman–Crippen MR) is 117 cm³/mol. The number of aromatic nitrogens is 2. The van der Waals surface area contributed by atoms with Crippen molar-refractivity contribution < 1.29 is 23.6 Å². The lowest BCUT2D eigenvalue weighted by atomic mass is 9.99. The van der Waals surface area contributed by atoms with Gasteiger partial charge in [0.05, 0.1) is 24.3 Å². The molecule has 0 spiro atoms. The van der Waals surface area contributed by atoms with E-state index in [1.165, 1.54) is 26.1 Å². The van der Waals surface area contributed by atoms with Crippen LogP contribution in [0.3, 0.4) is 0 Å². The molecule has 2 N–H and O–H groups in total. The molecule has 0 aliphatic carbocycles. The van der Waals surface area contributed by atoms with E-state index < -0.39 is 23.9 Å².